The Balaban J connectivity index is 1.68. The summed E-state index contributed by atoms with van der Waals surface area (Å²) in [5.41, 5.74) is 2.30. The van der Waals surface area contributed by atoms with Gasteiger partial charge in [0.1, 0.15) is 9.21 Å². The maximum Gasteiger partial charge on any atom is 0.226 e. The van der Waals surface area contributed by atoms with Crippen molar-refractivity contribution in [1.82, 2.24) is 9.97 Å². The number of benzene rings is 1. The molecular weight excluding hydrogens is 400 g/mol. The number of amides is 1. The van der Waals surface area contributed by atoms with E-state index in [1.165, 1.54) is 5.56 Å². The van der Waals surface area contributed by atoms with Gasteiger partial charge in [0.2, 0.25) is 5.91 Å². The molecule has 2 aromatic rings. The van der Waals surface area contributed by atoms with Crippen LogP contribution in [0.4, 0.5) is 11.5 Å². The van der Waals surface area contributed by atoms with Gasteiger partial charge >= 0.3 is 0 Å². The van der Waals surface area contributed by atoms with Crippen molar-refractivity contribution in [2.75, 3.05) is 17.2 Å². The first-order chi connectivity index (χ1) is 10.1. The van der Waals surface area contributed by atoms with Gasteiger partial charge in [0.05, 0.1) is 6.20 Å². The quantitative estimate of drug-likeness (QED) is 0.810. The third kappa shape index (κ3) is 3.24. The zero-order chi connectivity index (χ0) is 14.8. The number of hydrogen-bond donors (Lipinski definition) is 2. The molecule has 0 spiro atoms. The molecule has 0 fully saturated rings. The van der Waals surface area contributed by atoms with E-state index < -0.39 is 0 Å². The van der Waals surface area contributed by atoms with Crippen molar-refractivity contribution in [1.29, 1.82) is 0 Å². The van der Waals surface area contributed by atoms with Gasteiger partial charge in [0.25, 0.3) is 0 Å². The van der Waals surface area contributed by atoms with Crippen molar-refractivity contribution < 1.29 is 4.79 Å². The molecule has 1 aromatic heterocycles. The fourth-order valence-corrected chi connectivity index (χ4v) is 3.29. The van der Waals surface area contributed by atoms with E-state index in [-0.39, 0.29) is 11.8 Å². The molecule has 0 bridgehead atoms. The zero-order valence-electron chi connectivity index (χ0n) is 10.9. The first-order valence-corrected chi connectivity index (χ1v) is 8.03. The predicted molar refractivity (Wildman–Crippen MR) is 88.4 cm³/mol. The van der Waals surface area contributed by atoms with Crippen LogP contribution < -0.4 is 10.6 Å². The highest BCUT2D eigenvalue weighted by atomic mass is 79.9. The SMILES string of the molecule is O=C(CC1CNc2ccccc21)Nc1ncc(Br)nc1Br. The van der Waals surface area contributed by atoms with Gasteiger partial charge in [-0.25, -0.2) is 9.97 Å². The zero-order valence-corrected chi connectivity index (χ0v) is 14.1. The Hall–Kier alpha value is -1.47. The van der Waals surface area contributed by atoms with Gasteiger partial charge in [-0.3, -0.25) is 4.79 Å². The number of hydrogen-bond acceptors (Lipinski definition) is 4. The average molecular weight is 412 g/mol. The molecule has 1 atom stereocenters. The fraction of sp³-hybridized carbons (Fsp3) is 0.214. The second kappa shape index (κ2) is 6.11. The van der Waals surface area contributed by atoms with Crippen LogP contribution in [0.15, 0.2) is 39.7 Å². The van der Waals surface area contributed by atoms with Crippen LogP contribution in [0.5, 0.6) is 0 Å². The van der Waals surface area contributed by atoms with E-state index >= 15 is 0 Å². The maximum absolute atomic E-state index is 12.2. The highest BCUT2D eigenvalue weighted by molar-refractivity contribution is 9.11. The molecule has 108 valence electrons. The van der Waals surface area contributed by atoms with Crippen LogP contribution >= 0.6 is 31.9 Å². The standard InChI is InChI=1S/C14H12Br2N4O/c15-11-7-18-14(13(16)19-11)20-12(21)5-8-6-17-10-4-2-1-3-9(8)10/h1-4,7-8,17H,5-6H2,(H,18,20,21). The lowest BCUT2D eigenvalue weighted by molar-refractivity contribution is -0.116. The first kappa shape index (κ1) is 14.5. The molecule has 21 heavy (non-hydrogen) atoms. The van der Waals surface area contributed by atoms with E-state index in [1.54, 1.807) is 6.20 Å². The summed E-state index contributed by atoms with van der Waals surface area (Å²) in [6, 6.07) is 8.07. The normalized spacial score (nSPS) is 16.2. The van der Waals surface area contributed by atoms with E-state index in [9.17, 15) is 4.79 Å². The molecule has 0 radical (unpaired) electrons. The van der Waals surface area contributed by atoms with Crippen molar-refractivity contribution in [3.05, 3.63) is 45.2 Å². The van der Waals surface area contributed by atoms with Gasteiger partial charge < -0.3 is 10.6 Å². The molecule has 2 N–H and O–H groups in total. The minimum atomic E-state index is -0.0733. The summed E-state index contributed by atoms with van der Waals surface area (Å²) in [5.74, 6) is 0.543. The molecule has 1 aliphatic rings. The number of carbonyl (C=O) groups excluding carboxylic acids is 1. The fourth-order valence-electron chi connectivity index (χ4n) is 2.38. The van der Waals surface area contributed by atoms with Crippen molar-refractivity contribution in [3.63, 3.8) is 0 Å². The van der Waals surface area contributed by atoms with Crippen molar-refractivity contribution in [2.24, 2.45) is 0 Å². The minimum absolute atomic E-state index is 0.0733. The van der Waals surface area contributed by atoms with Crippen LogP contribution in [0.1, 0.15) is 17.9 Å². The topological polar surface area (TPSA) is 66.9 Å². The number of nitrogens with one attached hydrogen (secondary N) is 2. The maximum atomic E-state index is 12.2. The molecule has 5 nitrogen and oxygen atoms in total. The number of aromatic nitrogens is 2. The minimum Gasteiger partial charge on any atom is -0.384 e. The molecule has 0 saturated heterocycles. The number of para-hydroxylation sites is 1. The summed E-state index contributed by atoms with van der Waals surface area (Å²) in [7, 11) is 0. The number of carbonyl (C=O) groups is 1. The molecule has 1 aliphatic heterocycles. The lowest BCUT2D eigenvalue weighted by Gasteiger charge is -2.10. The Kier molecular flexibility index (Phi) is 4.21. The molecule has 1 aromatic carbocycles. The Bertz CT molecular complexity index is 692. The molecule has 7 heteroatoms. The number of anilines is 2. The summed E-state index contributed by atoms with van der Waals surface area (Å²) in [4.78, 5) is 20.4. The molecule has 1 unspecified atom stereocenters. The first-order valence-electron chi connectivity index (χ1n) is 6.44. The van der Waals surface area contributed by atoms with Crippen LogP contribution in [-0.2, 0) is 4.79 Å². The van der Waals surface area contributed by atoms with Gasteiger partial charge in [-0.1, -0.05) is 18.2 Å². The highest BCUT2D eigenvalue weighted by Gasteiger charge is 2.24. The van der Waals surface area contributed by atoms with Crippen LogP contribution in [0.3, 0.4) is 0 Å². The Morgan fingerprint density at radius 3 is 3.00 bits per heavy atom. The lowest BCUT2D eigenvalue weighted by atomic mass is 9.98. The monoisotopic (exact) mass is 410 g/mol. The summed E-state index contributed by atoms with van der Waals surface area (Å²) in [6.07, 6.45) is 1.96. The summed E-state index contributed by atoms with van der Waals surface area (Å²) < 4.78 is 1.12. The Morgan fingerprint density at radius 2 is 2.19 bits per heavy atom. The third-order valence-corrected chi connectivity index (χ3v) is 4.26. The van der Waals surface area contributed by atoms with Crippen LogP contribution in [0.25, 0.3) is 0 Å². The summed E-state index contributed by atoms with van der Waals surface area (Å²) >= 11 is 6.51. The smallest absolute Gasteiger partial charge is 0.226 e. The molecule has 3 rings (SSSR count). The second-order valence-electron chi connectivity index (χ2n) is 4.75. The van der Waals surface area contributed by atoms with Gasteiger partial charge in [-0.2, -0.15) is 0 Å². The predicted octanol–water partition coefficient (Wildman–Crippen LogP) is 3.54. The summed E-state index contributed by atoms with van der Waals surface area (Å²) in [6.45, 7) is 0.778. The van der Waals surface area contributed by atoms with Crippen molar-refractivity contribution >= 4 is 49.3 Å². The number of fused-ring (bicyclic) bond motifs is 1. The van der Waals surface area contributed by atoms with E-state index in [4.69, 9.17) is 0 Å². The number of rotatable bonds is 3. The van der Waals surface area contributed by atoms with Crippen molar-refractivity contribution in [2.45, 2.75) is 12.3 Å². The molecule has 0 saturated carbocycles. The van der Waals surface area contributed by atoms with E-state index in [2.05, 4.69) is 58.5 Å². The van der Waals surface area contributed by atoms with Gasteiger partial charge in [-0.15, -0.1) is 0 Å². The second-order valence-corrected chi connectivity index (χ2v) is 6.31. The van der Waals surface area contributed by atoms with Gasteiger partial charge in [0.15, 0.2) is 5.82 Å². The van der Waals surface area contributed by atoms with Crippen LogP contribution in [-0.4, -0.2) is 22.4 Å². The largest absolute Gasteiger partial charge is 0.384 e. The summed E-state index contributed by atoms with van der Waals surface area (Å²) in [5, 5.41) is 6.10. The van der Waals surface area contributed by atoms with Gasteiger partial charge in [-0.05, 0) is 43.5 Å². The van der Waals surface area contributed by atoms with Crippen molar-refractivity contribution in [3.8, 4) is 0 Å². The Labute approximate surface area is 138 Å². The van der Waals surface area contributed by atoms with E-state index in [0.29, 0.717) is 21.4 Å². The number of nitrogens with zero attached hydrogens (tertiary/aromatic N) is 2. The van der Waals surface area contributed by atoms with E-state index in [0.717, 1.165) is 12.2 Å². The molecular formula is C14H12Br2N4O. The Morgan fingerprint density at radius 1 is 1.38 bits per heavy atom. The lowest BCUT2D eigenvalue weighted by Crippen LogP contribution is -2.18. The van der Waals surface area contributed by atoms with Gasteiger partial charge in [0, 0.05) is 24.6 Å². The average Bonchev–Trinajstić information content (AvgIpc) is 2.85. The van der Waals surface area contributed by atoms with Crippen LogP contribution in [0, 0.1) is 0 Å². The van der Waals surface area contributed by atoms with E-state index in [1.807, 2.05) is 18.2 Å². The molecule has 1 amide bonds. The third-order valence-electron chi connectivity index (χ3n) is 3.33. The highest BCUT2D eigenvalue weighted by Crippen LogP contribution is 2.33. The number of halogens is 2. The molecule has 2 heterocycles. The van der Waals surface area contributed by atoms with Crippen LogP contribution in [0.2, 0.25) is 0 Å². The molecule has 0 aliphatic carbocycles.